The van der Waals surface area contributed by atoms with Gasteiger partial charge >= 0.3 is 0 Å². The van der Waals surface area contributed by atoms with Crippen molar-refractivity contribution in [1.82, 2.24) is 10.2 Å². The molecule has 0 bridgehead atoms. The van der Waals surface area contributed by atoms with Gasteiger partial charge in [-0.3, -0.25) is 9.59 Å². The summed E-state index contributed by atoms with van der Waals surface area (Å²) >= 11 is 12.2. The van der Waals surface area contributed by atoms with Crippen molar-refractivity contribution in [1.29, 1.82) is 0 Å². The third-order valence-electron chi connectivity index (χ3n) is 6.53. The lowest BCUT2D eigenvalue weighted by atomic mass is 9.97. The minimum Gasteiger partial charge on any atom is -0.503 e. The molecule has 0 radical (unpaired) electrons. The number of hydrogen-bond donors (Lipinski definition) is 2. The zero-order chi connectivity index (χ0) is 25.9. The molecule has 6 nitrogen and oxygen atoms in total. The van der Waals surface area contributed by atoms with Gasteiger partial charge < -0.3 is 20.1 Å². The number of benzene rings is 3. The number of carbonyl (C=O) groups excluding carboxylic acids is 2. The molecule has 1 atom stereocenters. The molecule has 0 spiro atoms. The van der Waals surface area contributed by atoms with Crippen LogP contribution in [0.2, 0.25) is 10.0 Å². The highest BCUT2D eigenvalue weighted by molar-refractivity contribution is 6.34. The summed E-state index contributed by atoms with van der Waals surface area (Å²) in [5, 5.41) is 14.6. The van der Waals surface area contributed by atoms with E-state index in [9.17, 15) is 14.7 Å². The van der Waals surface area contributed by atoms with Crippen molar-refractivity contribution in [2.24, 2.45) is 5.92 Å². The van der Waals surface area contributed by atoms with E-state index in [0.29, 0.717) is 46.0 Å². The number of rotatable bonds is 9. The van der Waals surface area contributed by atoms with Crippen molar-refractivity contribution >= 4 is 35.0 Å². The molecule has 190 valence electrons. The fourth-order valence-corrected chi connectivity index (χ4v) is 5.11. The highest BCUT2D eigenvalue weighted by Crippen LogP contribution is 2.44. The molecule has 5 rings (SSSR count). The van der Waals surface area contributed by atoms with E-state index in [1.807, 2.05) is 54.6 Å². The van der Waals surface area contributed by atoms with Gasteiger partial charge in [-0.25, -0.2) is 0 Å². The first-order valence-electron chi connectivity index (χ1n) is 12.1. The van der Waals surface area contributed by atoms with Crippen LogP contribution in [0, 0.1) is 5.92 Å². The fourth-order valence-electron chi connectivity index (χ4n) is 4.54. The van der Waals surface area contributed by atoms with Gasteiger partial charge in [0, 0.05) is 28.7 Å². The minimum absolute atomic E-state index is 0.00883. The number of ether oxygens (including phenoxy) is 1. The van der Waals surface area contributed by atoms with Crippen LogP contribution in [0.25, 0.3) is 0 Å². The van der Waals surface area contributed by atoms with Crippen molar-refractivity contribution in [3.63, 3.8) is 0 Å². The number of aliphatic hydroxyl groups is 1. The molecule has 1 heterocycles. The molecule has 3 aromatic rings. The summed E-state index contributed by atoms with van der Waals surface area (Å²) in [6.07, 6.45) is 2.03. The van der Waals surface area contributed by atoms with E-state index in [2.05, 4.69) is 5.32 Å². The summed E-state index contributed by atoms with van der Waals surface area (Å²) < 4.78 is 6.16. The Morgan fingerprint density at radius 3 is 2.35 bits per heavy atom. The van der Waals surface area contributed by atoms with Gasteiger partial charge in [0.1, 0.15) is 12.4 Å². The van der Waals surface area contributed by atoms with E-state index in [4.69, 9.17) is 27.9 Å². The maximum Gasteiger partial charge on any atom is 0.290 e. The van der Waals surface area contributed by atoms with E-state index in [1.54, 1.807) is 23.1 Å². The van der Waals surface area contributed by atoms with E-state index >= 15 is 0 Å². The Balaban J connectivity index is 1.44. The SMILES string of the molecule is O=C(NCc1cc(Cl)cc(Cl)c1)C1=C(O)C(=O)N(CC2CC2)C1c1ccccc1OCc1ccccc1. The molecule has 1 unspecified atom stereocenters. The van der Waals surface area contributed by atoms with Gasteiger partial charge in [0.15, 0.2) is 5.76 Å². The predicted octanol–water partition coefficient (Wildman–Crippen LogP) is 5.99. The van der Waals surface area contributed by atoms with Crippen LogP contribution < -0.4 is 10.1 Å². The quantitative estimate of drug-likeness (QED) is 0.351. The Kier molecular flexibility index (Phi) is 7.40. The van der Waals surface area contributed by atoms with Gasteiger partial charge in [-0.15, -0.1) is 0 Å². The second kappa shape index (κ2) is 10.9. The van der Waals surface area contributed by atoms with E-state index in [1.165, 1.54) is 0 Å². The van der Waals surface area contributed by atoms with Crippen LogP contribution in [0.15, 0.2) is 84.1 Å². The molecule has 1 aliphatic heterocycles. The van der Waals surface area contributed by atoms with Crippen molar-refractivity contribution in [3.8, 4) is 5.75 Å². The van der Waals surface area contributed by atoms with Crippen LogP contribution in [-0.4, -0.2) is 28.4 Å². The number of aliphatic hydroxyl groups excluding tert-OH is 1. The summed E-state index contributed by atoms with van der Waals surface area (Å²) in [4.78, 5) is 28.2. The third kappa shape index (κ3) is 5.76. The van der Waals surface area contributed by atoms with E-state index < -0.39 is 23.6 Å². The Hall–Kier alpha value is -3.48. The van der Waals surface area contributed by atoms with Crippen molar-refractivity contribution < 1.29 is 19.4 Å². The number of hydrogen-bond acceptors (Lipinski definition) is 4. The maximum absolute atomic E-state index is 13.5. The molecule has 37 heavy (non-hydrogen) atoms. The lowest BCUT2D eigenvalue weighted by molar-refractivity contribution is -0.129. The number of para-hydroxylation sites is 1. The van der Waals surface area contributed by atoms with Gasteiger partial charge in [0.2, 0.25) is 0 Å². The van der Waals surface area contributed by atoms with Crippen molar-refractivity contribution in [2.45, 2.75) is 32.0 Å². The summed E-state index contributed by atoms with van der Waals surface area (Å²) in [6, 6.07) is 21.3. The smallest absolute Gasteiger partial charge is 0.290 e. The normalized spacial score (nSPS) is 17.3. The number of carbonyl (C=O) groups is 2. The number of amides is 2. The minimum atomic E-state index is -0.775. The summed E-state index contributed by atoms with van der Waals surface area (Å²) in [6.45, 7) is 0.917. The molecule has 1 aliphatic carbocycles. The Morgan fingerprint density at radius 2 is 1.65 bits per heavy atom. The van der Waals surface area contributed by atoms with Crippen LogP contribution in [0.3, 0.4) is 0 Å². The van der Waals surface area contributed by atoms with Gasteiger partial charge in [0.25, 0.3) is 11.8 Å². The fraction of sp³-hybridized carbons (Fsp3) is 0.241. The Bertz CT molecular complexity index is 1330. The van der Waals surface area contributed by atoms with Gasteiger partial charge in [-0.1, -0.05) is 71.7 Å². The lowest BCUT2D eigenvalue weighted by Gasteiger charge is -2.28. The first-order valence-corrected chi connectivity index (χ1v) is 12.9. The monoisotopic (exact) mass is 536 g/mol. The second-order valence-electron chi connectivity index (χ2n) is 9.34. The number of halogens is 2. The first-order chi connectivity index (χ1) is 17.9. The largest absolute Gasteiger partial charge is 0.503 e. The van der Waals surface area contributed by atoms with E-state index in [-0.39, 0.29) is 12.1 Å². The van der Waals surface area contributed by atoms with Crippen molar-refractivity contribution in [2.75, 3.05) is 6.54 Å². The maximum atomic E-state index is 13.5. The van der Waals surface area contributed by atoms with E-state index in [0.717, 1.165) is 18.4 Å². The van der Waals surface area contributed by atoms with Crippen LogP contribution >= 0.6 is 23.2 Å². The third-order valence-corrected chi connectivity index (χ3v) is 6.96. The van der Waals surface area contributed by atoms with Gasteiger partial charge in [-0.2, -0.15) is 0 Å². The average molecular weight is 537 g/mol. The highest BCUT2D eigenvalue weighted by atomic mass is 35.5. The lowest BCUT2D eigenvalue weighted by Crippen LogP contribution is -2.35. The van der Waals surface area contributed by atoms with Crippen LogP contribution in [-0.2, 0) is 22.7 Å². The number of nitrogens with one attached hydrogen (secondary N) is 1. The van der Waals surface area contributed by atoms with Crippen molar-refractivity contribution in [3.05, 3.63) is 111 Å². The van der Waals surface area contributed by atoms with Gasteiger partial charge in [0.05, 0.1) is 11.6 Å². The highest BCUT2D eigenvalue weighted by Gasteiger charge is 2.46. The molecular weight excluding hydrogens is 511 g/mol. The molecule has 1 saturated carbocycles. The van der Waals surface area contributed by atoms with Crippen LogP contribution in [0.5, 0.6) is 5.75 Å². The molecule has 1 fully saturated rings. The molecule has 8 heteroatoms. The van der Waals surface area contributed by atoms with Gasteiger partial charge in [-0.05, 0) is 54.2 Å². The molecule has 3 aromatic carbocycles. The molecule has 2 N–H and O–H groups in total. The standard InChI is InChI=1S/C29H26Cl2N2O4/c30-21-12-20(13-22(31)14-21)15-32-28(35)25-26(33(16-18-10-11-18)29(36)27(25)34)23-8-4-5-9-24(23)37-17-19-6-2-1-3-7-19/h1-9,12-14,18,26,34H,10-11,15-17H2,(H,32,35). The molecule has 2 aliphatic rings. The zero-order valence-electron chi connectivity index (χ0n) is 20.0. The molecule has 2 amide bonds. The molecule has 0 aromatic heterocycles. The summed E-state index contributed by atoms with van der Waals surface area (Å²) in [5.41, 5.74) is 2.35. The predicted molar refractivity (Wildman–Crippen MR) is 142 cm³/mol. The zero-order valence-corrected chi connectivity index (χ0v) is 21.5. The average Bonchev–Trinajstić information content (AvgIpc) is 3.68. The summed E-state index contributed by atoms with van der Waals surface area (Å²) in [5.74, 6) is -0.724. The molecule has 0 saturated heterocycles. The summed E-state index contributed by atoms with van der Waals surface area (Å²) in [7, 11) is 0. The van der Waals surface area contributed by atoms with Crippen LogP contribution in [0.4, 0.5) is 0 Å². The number of nitrogens with zero attached hydrogens (tertiary/aromatic N) is 1. The molecular formula is C29H26Cl2N2O4. The first kappa shape index (κ1) is 25.2. The second-order valence-corrected chi connectivity index (χ2v) is 10.2. The van der Waals surface area contributed by atoms with Crippen LogP contribution in [0.1, 0.15) is 35.6 Å². The topological polar surface area (TPSA) is 78.9 Å². The Morgan fingerprint density at radius 1 is 0.973 bits per heavy atom. The Labute approximate surface area is 225 Å².